The summed E-state index contributed by atoms with van der Waals surface area (Å²) in [4.78, 5) is 3.86. The summed E-state index contributed by atoms with van der Waals surface area (Å²) in [6, 6.07) is 61.7. The first-order chi connectivity index (χ1) is 28.7. The molecule has 0 bridgehead atoms. The molecule has 0 aliphatic heterocycles. The SMILES string of the molecule is c1ccc2c(c1)Cc1c-2c2ccc(-c3cc4ccccc4c4c3oc3c(-c5ccc6c(ccc7c8ccccc8oc67)c5)cccc34)cc2c2c1[nH]c1ccccc12. The van der Waals surface area contributed by atoms with Crippen LogP contribution < -0.4 is 0 Å². The molecule has 3 heteroatoms. The molecule has 0 spiro atoms. The van der Waals surface area contributed by atoms with Gasteiger partial charge in [-0.15, -0.1) is 0 Å². The Hall–Kier alpha value is -7.62. The number of hydrogen-bond acceptors (Lipinski definition) is 2. The maximum atomic E-state index is 7.20. The monoisotopic (exact) mass is 737 g/mol. The van der Waals surface area contributed by atoms with Gasteiger partial charge in [-0.25, -0.2) is 0 Å². The van der Waals surface area contributed by atoms with Gasteiger partial charge in [-0.1, -0.05) is 127 Å². The van der Waals surface area contributed by atoms with Gasteiger partial charge in [0.2, 0.25) is 0 Å². The average Bonchev–Trinajstić information content (AvgIpc) is 4.06. The van der Waals surface area contributed by atoms with Crippen LogP contribution in [-0.4, -0.2) is 4.98 Å². The van der Waals surface area contributed by atoms with E-state index in [0.29, 0.717) is 0 Å². The number of fused-ring (bicyclic) bond motifs is 20. The minimum atomic E-state index is 0.897. The Morgan fingerprint density at radius 2 is 1.12 bits per heavy atom. The first-order valence-electron chi connectivity index (χ1n) is 20.0. The molecule has 14 rings (SSSR count). The quantitative estimate of drug-likeness (QED) is 0.192. The van der Waals surface area contributed by atoms with Gasteiger partial charge in [0.05, 0.1) is 5.52 Å². The van der Waals surface area contributed by atoms with Crippen molar-refractivity contribution in [3.63, 3.8) is 0 Å². The Morgan fingerprint density at radius 1 is 0.397 bits per heavy atom. The molecule has 0 atom stereocenters. The summed E-state index contributed by atoms with van der Waals surface area (Å²) in [6.45, 7) is 0. The molecule has 1 aliphatic rings. The Labute approximate surface area is 331 Å². The molecule has 0 amide bonds. The number of H-pyrrole nitrogens is 1. The number of furan rings is 2. The third kappa shape index (κ3) is 3.97. The van der Waals surface area contributed by atoms with E-state index in [9.17, 15) is 0 Å². The third-order valence-corrected chi connectivity index (χ3v) is 13.0. The fourth-order valence-corrected chi connectivity index (χ4v) is 10.4. The van der Waals surface area contributed by atoms with E-state index in [1.54, 1.807) is 0 Å². The van der Waals surface area contributed by atoms with Crippen LogP contribution in [0, 0.1) is 0 Å². The van der Waals surface area contributed by atoms with Crippen molar-refractivity contribution in [1.29, 1.82) is 0 Å². The molecule has 13 aromatic rings. The zero-order chi connectivity index (χ0) is 37.6. The zero-order valence-electron chi connectivity index (χ0n) is 31.2. The van der Waals surface area contributed by atoms with Crippen LogP contribution in [0.1, 0.15) is 11.1 Å². The van der Waals surface area contributed by atoms with Crippen molar-refractivity contribution < 1.29 is 8.83 Å². The number of rotatable bonds is 2. The largest absolute Gasteiger partial charge is 0.455 e. The van der Waals surface area contributed by atoms with Crippen LogP contribution in [-0.2, 0) is 6.42 Å². The summed E-state index contributed by atoms with van der Waals surface area (Å²) < 4.78 is 13.6. The minimum Gasteiger partial charge on any atom is -0.455 e. The molecule has 3 aromatic heterocycles. The predicted molar refractivity (Wildman–Crippen MR) is 242 cm³/mol. The predicted octanol–water partition coefficient (Wildman–Crippen LogP) is 15.5. The van der Waals surface area contributed by atoms with Gasteiger partial charge in [0.25, 0.3) is 0 Å². The first-order valence-corrected chi connectivity index (χ1v) is 20.0. The molecule has 10 aromatic carbocycles. The number of benzene rings is 10. The first kappa shape index (κ1) is 30.6. The third-order valence-electron chi connectivity index (χ3n) is 13.0. The van der Waals surface area contributed by atoms with Crippen molar-refractivity contribution >= 4 is 98.0 Å². The highest BCUT2D eigenvalue weighted by atomic mass is 16.3. The lowest BCUT2D eigenvalue weighted by atomic mass is 9.90. The van der Waals surface area contributed by atoms with Crippen LogP contribution in [0.15, 0.2) is 179 Å². The van der Waals surface area contributed by atoms with Gasteiger partial charge in [0.1, 0.15) is 22.3 Å². The van der Waals surface area contributed by atoms with Crippen LogP contribution in [0.5, 0.6) is 0 Å². The molecule has 0 unspecified atom stereocenters. The Balaban J connectivity index is 1.03. The van der Waals surface area contributed by atoms with E-state index in [0.717, 1.165) is 83.3 Å². The molecule has 58 heavy (non-hydrogen) atoms. The maximum absolute atomic E-state index is 7.20. The summed E-state index contributed by atoms with van der Waals surface area (Å²) in [5.41, 5.74) is 15.9. The lowest BCUT2D eigenvalue weighted by Crippen LogP contribution is -1.89. The van der Waals surface area contributed by atoms with Crippen molar-refractivity contribution in [3.05, 3.63) is 181 Å². The molecular weight excluding hydrogens is 707 g/mol. The normalized spacial score (nSPS) is 12.8. The van der Waals surface area contributed by atoms with E-state index in [1.165, 1.54) is 65.6 Å². The molecular formula is C55H31NO2. The van der Waals surface area contributed by atoms with Crippen LogP contribution in [0.25, 0.3) is 131 Å². The smallest absolute Gasteiger partial charge is 0.143 e. The lowest BCUT2D eigenvalue weighted by Gasteiger charge is -2.13. The van der Waals surface area contributed by atoms with Crippen molar-refractivity contribution in [2.75, 3.05) is 0 Å². The number of aromatic nitrogens is 1. The standard InChI is InChI=1S/C55H31NO2/c1-3-12-35-31(11-1)29-46-49(35)40-24-21-34(28-45(40)50-42-15-5-7-18-47(42)56-52(46)50)44-27-30-10-2-4-13-36(30)51-43-17-9-16-37(54(43)58-55(44)51)32-20-23-38-33(26-32)22-25-41-39-14-6-8-19-48(39)57-53(38)41/h1-28,56H,29H2. The molecule has 3 heterocycles. The highest BCUT2D eigenvalue weighted by molar-refractivity contribution is 6.28. The van der Waals surface area contributed by atoms with Crippen LogP contribution >= 0.6 is 0 Å². The zero-order valence-corrected chi connectivity index (χ0v) is 31.2. The van der Waals surface area contributed by atoms with E-state index in [-0.39, 0.29) is 0 Å². The fourth-order valence-electron chi connectivity index (χ4n) is 10.4. The summed E-state index contributed by atoms with van der Waals surface area (Å²) >= 11 is 0. The average molecular weight is 738 g/mol. The van der Waals surface area contributed by atoms with Gasteiger partial charge in [0, 0.05) is 60.8 Å². The van der Waals surface area contributed by atoms with Crippen LogP contribution in [0.4, 0.5) is 0 Å². The number of para-hydroxylation sites is 3. The number of nitrogens with one attached hydrogen (secondary N) is 1. The van der Waals surface area contributed by atoms with Crippen LogP contribution in [0.3, 0.4) is 0 Å². The molecule has 1 N–H and O–H groups in total. The molecule has 3 nitrogen and oxygen atoms in total. The number of hydrogen-bond donors (Lipinski definition) is 1. The van der Waals surface area contributed by atoms with Gasteiger partial charge in [-0.2, -0.15) is 0 Å². The van der Waals surface area contributed by atoms with E-state index in [2.05, 4.69) is 163 Å². The summed E-state index contributed by atoms with van der Waals surface area (Å²) in [7, 11) is 0. The van der Waals surface area contributed by atoms with Gasteiger partial charge in [-0.05, 0) is 103 Å². The second kappa shape index (κ2) is 11.0. The molecule has 0 saturated carbocycles. The second-order valence-electron chi connectivity index (χ2n) is 16.0. The summed E-state index contributed by atoms with van der Waals surface area (Å²) in [5, 5.41) is 14.3. The highest BCUT2D eigenvalue weighted by Crippen LogP contribution is 2.50. The van der Waals surface area contributed by atoms with E-state index < -0.39 is 0 Å². The molecule has 268 valence electrons. The summed E-state index contributed by atoms with van der Waals surface area (Å²) in [6.07, 6.45) is 0.931. The highest BCUT2D eigenvalue weighted by Gasteiger charge is 2.27. The van der Waals surface area contributed by atoms with Crippen molar-refractivity contribution in [2.24, 2.45) is 0 Å². The van der Waals surface area contributed by atoms with Gasteiger partial charge >= 0.3 is 0 Å². The molecule has 0 fully saturated rings. The minimum absolute atomic E-state index is 0.897. The fraction of sp³-hybridized carbons (Fsp3) is 0.0182. The Bertz CT molecular complexity index is 3950. The Morgan fingerprint density at radius 3 is 2.07 bits per heavy atom. The molecule has 0 saturated heterocycles. The van der Waals surface area contributed by atoms with E-state index in [4.69, 9.17) is 8.83 Å². The van der Waals surface area contributed by atoms with Gasteiger partial charge in [0.15, 0.2) is 0 Å². The Kier molecular flexibility index (Phi) is 5.81. The summed E-state index contributed by atoms with van der Waals surface area (Å²) in [5.74, 6) is 0. The van der Waals surface area contributed by atoms with Crippen molar-refractivity contribution in [3.8, 4) is 33.4 Å². The van der Waals surface area contributed by atoms with E-state index in [1.807, 2.05) is 12.1 Å². The second-order valence-corrected chi connectivity index (χ2v) is 16.0. The van der Waals surface area contributed by atoms with Crippen molar-refractivity contribution in [1.82, 2.24) is 4.98 Å². The lowest BCUT2D eigenvalue weighted by molar-refractivity contribution is 0.671. The van der Waals surface area contributed by atoms with Gasteiger partial charge < -0.3 is 13.8 Å². The number of aromatic amines is 1. The molecule has 1 aliphatic carbocycles. The van der Waals surface area contributed by atoms with Crippen LogP contribution in [0.2, 0.25) is 0 Å². The van der Waals surface area contributed by atoms with Gasteiger partial charge in [-0.3, -0.25) is 0 Å². The molecule has 0 radical (unpaired) electrons. The van der Waals surface area contributed by atoms with Crippen molar-refractivity contribution in [2.45, 2.75) is 6.42 Å². The van der Waals surface area contributed by atoms with E-state index >= 15 is 0 Å². The maximum Gasteiger partial charge on any atom is 0.143 e. The topological polar surface area (TPSA) is 42.1 Å².